The molecule has 0 saturated carbocycles. The predicted octanol–water partition coefficient (Wildman–Crippen LogP) is 1.55. The summed E-state index contributed by atoms with van der Waals surface area (Å²) in [6.07, 6.45) is 4.42. The summed E-state index contributed by atoms with van der Waals surface area (Å²) in [5.41, 5.74) is 2.75. The maximum Gasteiger partial charge on any atom is 0.207 e. The SMILES string of the molecule is N#CN=CN1CCc2ccccc2C1. The van der Waals surface area contributed by atoms with Gasteiger partial charge >= 0.3 is 0 Å². The van der Waals surface area contributed by atoms with E-state index in [1.807, 2.05) is 6.07 Å². The van der Waals surface area contributed by atoms with E-state index in [-0.39, 0.29) is 0 Å². The van der Waals surface area contributed by atoms with E-state index in [1.165, 1.54) is 11.1 Å². The molecular formula is C11H11N3. The topological polar surface area (TPSA) is 39.4 Å². The van der Waals surface area contributed by atoms with Gasteiger partial charge in [-0.25, -0.2) is 0 Å². The summed E-state index contributed by atoms with van der Waals surface area (Å²) in [5.74, 6) is 0. The fraction of sp³-hybridized carbons (Fsp3) is 0.273. The third-order valence-electron chi connectivity index (χ3n) is 2.44. The minimum atomic E-state index is 0.862. The molecule has 0 aromatic heterocycles. The molecule has 1 aromatic carbocycles. The Kier molecular flexibility index (Phi) is 2.46. The smallest absolute Gasteiger partial charge is 0.207 e. The van der Waals surface area contributed by atoms with Crippen molar-refractivity contribution in [3.8, 4) is 6.19 Å². The van der Waals surface area contributed by atoms with E-state index in [4.69, 9.17) is 5.26 Å². The fourth-order valence-corrected chi connectivity index (χ4v) is 1.72. The highest BCUT2D eigenvalue weighted by Gasteiger charge is 2.12. The normalized spacial score (nSPS) is 15.2. The van der Waals surface area contributed by atoms with Crippen molar-refractivity contribution in [1.82, 2.24) is 4.90 Å². The van der Waals surface area contributed by atoms with Crippen LogP contribution in [0.25, 0.3) is 0 Å². The number of nitrogens with zero attached hydrogens (tertiary/aromatic N) is 3. The van der Waals surface area contributed by atoms with Gasteiger partial charge in [0.25, 0.3) is 0 Å². The molecule has 0 atom stereocenters. The fourth-order valence-electron chi connectivity index (χ4n) is 1.72. The molecule has 0 fully saturated rings. The van der Waals surface area contributed by atoms with Crippen LogP contribution in [-0.2, 0) is 13.0 Å². The minimum absolute atomic E-state index is 0.862. The molecule has 0 amide bonds. The van der Waals surface area contributed by atoms with Crippen LogP contribution in [0.4, 0.5) is 0 Å². The number of nitriles is 1. The van der Waals surface area contributed by atoms with E-state index >= 15 is 0 Å². The van der Waals surface area contributed by atoms with Crippen LogP contribution in [0.15, 0.2) is 29.3 Å². The maximum absolute atomic E-state index is 8.32. The lowest BCUT2D eigenvalue weighted by molar-refractivity contribution is 0.405. The predicted molar refractivity (Wildman–Crippen MR) is 54.7 cm³/mol. The van der Waals surface area contributed by atoms with Crippen LogP contribution in [0, 0.1) is 11.5 Å². The van der Waals surface area contributed by atoms with Gasteiger partial charge < -0.3 is 4.90 Å². The van der Waals surface area contributed by atoms with Gasteiger partial charge in [0.15, 0.2) is 0 Å². The lowest BCUT2D eigenvalue weighted by Crippen LogP contribution is -2.29. The molecule has 1 heterocycles. The van der Waals surface area contributed by atoms with Crippen LogP contribution < -0.4 is 0 Å². The van der Waals surface area contributed by atoms with Crippen LogP contribution >= 0.6 is 0 Å². The van der Waals surface area contributed by atoms with Crippen LogP contribution in [-0.4, -0.2) is 17.8 Å². The minimum Gasteiger partial charge on any atom is -0.357 e. The standard InChI is InChI=1S/C11H11N3/c12-8-13-9-14-6-5-10-3-1-2-4-11(10)7-14/h1-4,9H,5-7H2. The Morgan fingerprint density at radius 3 is 2.93 bits per heavy atom. The van der Waals surface area contributed by atoms with Crippen molar-refractivity contribution in [2.24, 2.45) is 4.99 Å². The molecule has 0 spiro atoms. The van der Waals surface area contributed by atoms with E-state index in [2.05, 4.69) is 28.1 Å². The van der Waals surface area contributed by atoms with Crippen molar-refractivity contribution >= 4 is 6.34 Å². The number of fused-ring (bicyclic) bond motifs is 1. The van der Waals surface area contributed by atoms with Gasteiger partial charge in [-0.15, -0.1) is 0 Å². The van der Waals surface area contributed by atoms with Gasteiger partial charge in [-0.05, 0) is 17.5 Å². The first-order chi connectivity index (χ1) is 6.90. The van der Waals surface area contributed by atoms with Gasteiger partial charge in [0.1, 0.15) is 6.34 Å². The number of hydrogen-bond acceptors (Lipinski definition) is 2. The number of aliphatic imine (C=N–C) groups is 1. The highest BCUT2D eigenvalue weighted by atomic mass is 15.1. The molecule has 0 N–H and O–H groups in total. The van der Waals surface area contributed by atoms with Crippen molar-refractivity contribution < 1.29 is 0 Å². The highest BCUT2D eigenvalue weighted by Crippen LogP contribution is 2.16. The average Bonchev–Trinajstić information content (AvgIpc) is 2.26. The molecule has 0 saturated heterocycles. The Balaban J connectivity index is 2.14. The van der Waals surface area contributed by atoms with Crippen LogP contribution in [0.5, 0.6) is 0 Å². The van der Waals surface area contributed by atoms with Gasteiger partial charge in [-0.3, -0.25) is 0 Å². The Hall–Kier alpha value is -1.82. The van der Waals surface area contributed by atoms with Crippen molar-refractivity contribution in [3.63, 3.8) is 0 Å². The van der Waals surface area contributed by atoms with Gasteiger partial charge in [-0.1, -0.05) is 24.3 Å². The van der Waals surface area contributed by atoms with Gasteiger partial charge in [0.05, 0.1) is 0 Å². The molecule has 0 radical (unpaired) electrons. The Bertz CT molecular complexity index is 390. The van der Waals surface area contributed by atoms with Crippen molar-refractivity contribution in [3.05, 3.63) is 35.4 Å². The van der Waals surface area contributed by atoms with Crippen LogP contribution in [0.1, 0.15) is 11.1 Å². The number of rotatable bonds is 1. The Morgan fingerprint density at radius 2 is 2.14 bits per heavy atom. The second kappa shape index (κ2) is 3.93. The Labute approximate surface area is 83.3 Å². The molecule has 2 rings (SSSR count). The summed E-state index contributed by atoms with van der Waals surface area (Å²) in [6.45, 7) is 1.81. The largest absolute Gasteiger partial charge is 0.357 e. The van der Waals surface area contributed by atoms with Crippen molar-refractivity contribution in [2.75, 3.05) is 6.54 Å². The molecule has 70 valence electrons. The van der Waals surface area contributed by atoms with Crippen molar-refractivity contribution in [2.45, 2.75) is 13.0 Å². The molecule has 1 aromatic rings. The van der Waals surface area contributed by atoms with Gasteiger partial charge in [0.2, 0.25) is 6.19 Å². The van der Waals surface area contributed by atoms with E-state index in [9.17, 15) is 0 Å². The van der Waals surface area contributed by atoms with Crippen molar-refractivity contribution in [1.29, 1.82) is 5.26 Å². The van der Waals surface area contributed by atoms with E-state index in [0.29, 0.717) is 0 Å². The summed E-state index contributed by atoms with van der Waals surface area (Å²) in [4.78, 5) is 5.64. The number of hydrogen-bond donors (Lipinski definition) is 0. The third kappa shape index (κ3) is 1.74. The average molecular weight is 185 g/mol. The molecule has 3 heteroatoms. The zero-order valence-corrected chi connectivity index (χ0v) is 7.85. The maximum atomic E-state index is 8.32. The second-order valence-corrected chi connectivity index (χ2v) is 3.33. The van der Waals surface area contributed by atoms with E-state index < -0.39 is 0 Å². The summed E-state index contributed by atoms with van der Waals surface area (Å²) < 4.78 is 0. The highest BCUT2D eigenvalue weighted by molar-refractivity contribution is 5.57. The summed E-state index contributed by atoms with van der Waals surface area (Å²) in [5, 5.41) is 8.32. The number of benzene rings is 1. The molecular weight excluding hydrogens is 174 g/mol. The molecule has 0 bridgehead atoms. The van der Waals surface area contributed by atoms with Crippen LogP contribution in [0.2, 0.25) is 0 Å². The lowest BCUT2D eigenvalue weighted by atomic mass is 10.0. The first-order valence-electron chi connectivity index (χ1n) is 4.63. The van der Waals surface area contributed by atoms with Crippen LogP contribution in [0.3, 0.4) is 0 Å². The Morgan fingerprint density at radius 1 is 1.36 bits per heavy atom. The molecule has 0 unspecified atom stereocenters. The summed E-state index contributed by atoms with van der Waals surface area (Å²) in [6, 6.07) is 8.40. The zero-order chi connectivity index (χ0) is 9.80. The first kappa shape index (κ1) is 8.76. The molecule has 0 aliphatic carbocycles. The van der Waals surface area contributed by atoms with Gasteiger partial charge in [-0.2, -0.15) is 10.3 Å². The molecule has 1 aliphatic rings. The second-order valence-electron chi connectivity index (χ2n) is 3.33. The third-order valence-corrected chi connectivity index (χ3v) is 2.44. The van der Waals surface area contributed by atoms with E-state index in [1.54, 1.807) is 12.5 Å². The van der Waals surface area contributed by atoms with E-state index in [0.717, 1.165) is 19.5 Å². The summed E-state index contributed by atoms with van der Waals surface area (Å²) >= 11 is 0. The summed E-state index contributed by atoms with van der Waals surface area (Å²) in [7, 11) is 0. The molecule has 3 nitrogen and oxygen atoms in total. The zero-order valence-electron chi connectivity index (χ0n) is 7.85. The van der Waals surface area contributed by atoms with Gasteiger partial charge in [0, 0.05) is 13.1 Å². The first-order valence-corrected chi connectivity index (χ1v) is 4.63. The quantitative estimate of drug-likeness (QED) is 0.378. The molecule has 14 heavy (non-hydrogen) atoms. The monoisotopic (exact) mass is 185 g/mol. The molecule has 1 aliphatic heterocycles. The lowest BCUT2D eigenvalue weighted by Gasteiger charge is -2.26.